The summed E-state index contributed by atoms with van der Waals surface area (Å²) in [6.45, 7) is 3.25. The zero-order valence-corrected chi connectivity index (χ0v) is 20.1. The van der Waals surface area contributed by atoms with Gasteiger partial charge in [0.25, 0.3) is 5.91 Å². The molecule has 174 valence electrons. The van der Waals surface area contributed by atoms with Gasteiger partial charge in [0, 0.05) is 43.3 Å². The van der Waals surface area contributed by atoms with Crippen molar-refractivity contribution in [3.05, 3.63) is 65.4 Å². The molecule has 1 aliphatic heterocycles. The normalized spacial score (nSPS) is 18.0. The molecule has 0 unspecified atom stereocenters. The van der Waals surface area contributed by atoms with Crippen molar-refractivity contribution in [2.75, 3.05) is 32.4 Å². The number of nitriles is 1. The van der Waals surface area contributed by atoms with Crippen LogP contribution >= 0.6 is 0 Å². The lowest BCUT2D eigenvalue weighted by Gasteiger charge is -2.33. The molecule has 34 heavy (non-hydrogen) atoms. The Hall–Kier alpha value is -3.28. The van der Waals surface area contributed by atoms with Crippen LogP contribution < -0.4 is 0 Å². The van der Waals surface area contributed by atoms with Crippen molar-refractivity contribution in [3.8, 4) is 17.2 Å². The molecule has 0 bridgehead atoms. The van der Waals surface area contributed by atoms with Gasteiger partial charge in [-0.2, -0.15) is 9.57 Å². The summed E-state index contributed by atoms with van der Waals surface area (Å²) in [4.78, 5) is 19.9. The Kier molecular flexibility index (Phi) is 5.42. The highest BCUT2D eigenvalue weighted by Crippen LogP contribution is 2.49. The second-order valence-corrected chi connectivity index (χ2v) is 11.2. The summed E-state index contributed by atoms with van der Waals surface area (Å²) in [5.74, 6) is -0.154. The number of amides is 1. The topological polar surface area (TPSA) is 94.4 Å². The van der Waals surface area contributed by atoms with Crippen molar-refractivity contribution in [2.24, 2.45) is 0 Å². The average molecular weight is 475 g/mol. The van der Waals surface area contributed by atoms with Crippen molar-refractivity contribution in [1.82, 2.24) is 14.2 Å². The summed E-state index contributed by atoms with van der Waals surface area (Å²) in [5, 5.41) is 10.5. The van der Waals surface area contributed by atoms with E-state index in [0.717, 1.165) is 46.0 Å². The van der Waals surface area contributed by atoms with Gasteiger partial charge < -0.3 is 4.90 Å². The van der Waals surface area contributed by atoms with Crippen molar-refractivity contribution in [1.29, 1.82) is 5.26 Å². The number of aryl methyl sites for hydroxylation is 1. The number of piperazine rings is 1. The van der Waals surface area contributed by atoms with Crippen LogP contribution in [0.15, 0.2) is 48.7 Å². The Morgan fingerprint density at radius 1 is 1.09 bits per heavy atom. The third kappa shape index (κ3) is 3.85. The molecule has 1 aliphatic carbocycles. The van der Waals surface area contributed by atoms with E-state index in [9.17, 15) is 18.5 Å². The van der Waals surface area contributed by atoms with Gasteiger partial charge in [-0.3, -0.25) is 9.78 Å². The minimum atomic E-state index is -3.28. The van der Waals surface area contributed by atoms with Gasteiger partial charge in [-0.1, -0.05) is 36.4 Å². The number of para-hydroxylation sites is 1. The molecule has 2 aliphatic rings. The van der Waals surface area contributed by atoms with E-state index < -0.39 is 10.0 Å². The van der Waals surface area contributed by atoms with Crippen LogP contribution in [0.2, 0.25) is 0 Å². The Balaban J connectivity index is 1.57. The van der Waals surface area contributed by atoms with E-state index in [1.807, 2.05) is 43.3 Å². The van der Waals surface area contributed by atoms with E-state index in [2.05, 4.69) is 17.1 Å². The first kappa shape index (κ1) is 22.5. The number of benzene rings is 2. The Labute approximate surface area is 199 Å². The summed E-state index contributed by atoms with van der Waals surface area (Å²) in [6, 6.07) is 16.3. The first-order valence-electron chi connectivity index (χ1n) is 11.4. The summed E-state index contributed by atoms with van der Waals surface area (Å²) in [6.07, 6.45) is 4.58. The van der Waals surface area contributed by atoms with Crippen LogP contribution in [-0.2, 0) is 15.4 Å². The molecule has 1 saturated carbocycles. The average Bonchev–Trinajstić information content (AvgIpc) is 3.63. The molecule has 0 N–H and O–H groups in total. The van der Waals surface area contributed by atoms with Crippen molar-refractivity contribution < 1.29 is 13.2 Å². The van der Waals surface area contributed by atoms with Crippen LogP contribution in [0.4, 0.5) is 0 Å². The lowest BCUT2D eigenvalue weighted by Crippen LogP contribution is -2.50. The van der Waals surface area contributed by atoms with Crippen LogP contribution in [-0.4, -0.2) is 60.9 Å². The quantitative estimate of drug-likeness (QED) is 0.577. The number of carbonyl (C=O) groups is 1. The summed E-state index contributed by atoms with van der Waals surface area (Å²) in [5.41, 5.74) is 4.75. The molecule has 2 heterocycles. The molecule has 0 radical (unpaired) electrons. The van der Waals surface area contributed by atoms with Gasteiger partial charge in [-0.25, -0.2) is 8.42 Å². The second-order valence-electron chi connectivity index (χ2n) is 9.24. The lowest BCUT2D eigenvalue weighted by atomic mass is 9.88. The maximum Gasteiger partial charge on any atom is 0.256 e. The second kappa shape index (κ2) is 8.19. The number of fused-ring (bicyclic) bond motifs is 1. The number of hydrogen-bond acceptors (Lipinski definition) is 5. The minimum Gasteiger partial charge on any atom is -0.336 e. The van der Waals surface area contributed by atoms with E-state index in [0.29, 0.717) is 18.7 Å². The predicted molar refractivity (Wildman–Crippen MR) is 131 cm³/mol. The highest BCUT2D eigenvalue weighted by atomic mass is 32.2. The molecule has 0 spiro atoms. The van der Waals surface area contributed by atoms with E-state index in [1.54, 1.807) is 11.1 Å². The number of nitrogens with zero attached hydrogens (tertiary/aromatic N) is 4. The summed E-state index contributed by atoms with van der Waals surface area (Å²) in [7, 11) is -3.28. The zero-order chi connectivity index (χ0) is 24.1. The SMILES string of the molecule is Cc1cc(-c2c(C(=O)N3CCN(S(C)(=O)=O)CC3)cnc3ccccc23)ccc1C1(C#N)CC1. The maximum atomic E-state index is 13.6. The van der Waals surface area contributed by atoms with Crippen molar-refractivity contribution in [2.45, 2.75) is 25.2 Å². The Morgan fingerprint density at radius 2 is 1.79 bits per heavy atom. The van der Waals surface area contributed by atoms with Gasteiger partial charge in [0.1, 0.15) is 0 Å². The van der Waals surface area contributed by atoms with Gasteiger partial charge in [0.15, 0.2) is 0 Å². The fourth-order valence-corrected chi connectivity index (χ4v) is 5.76. The summed E-state index contributed by atoms with van der Waals surface area (Å²) < 4.78 is 25.1. The molecule has 1 amide bonds. The number of rotatable bonds is 4. The fourth-order valence-electron chi connectivity index (χ4n) is 4.93. The van der Waals surface area contributed by atoms with Crippen LogP contribution in [0.3, 0.4) is 0 Å². The van der Waals surface area contributed by atoms with E-state index in [4.69, 9.17) is 0 Å². The molecular weight excluding hydrogens is 448 g/mol. The van der Waals surface area contributed by atoms with Crippen LogP contribution in [0.5, 0.6) is 0 Å². The van der Waals surface area contributed by atoms with Gasteiger partial charge in [-0.15, -0.1) is 0 Å². The fraction of sp³-hybridized carbons (Fsp3) is 0.346. The third-order valence-electron chi connectivity index (χ3n) is 7.00. The van der Waals surface area contributed by atoms with E-state index in [-0.39, 0.29) is 24.4 Å². The third-order valence-corrected chi connectivity index (χ3v) is 8.30. The molecule has 3 aromatic rings. The Morgan fingerprint density at radius 3 is 2.41 bits per heavy atom. The minimum absolute atomic E-state index is 0.154. The first-order valence-corrected chi connectivity index (χ1v) is 13.2. The molecule has 1 saturated heterocycles. The highest BCUT2D eigenvalue weighted by Gasteiger charge is 2.45. The van der Waals surface area contributed by atoms with E-state index in [1.165, 1.54) is 10.6 Å². The van der Waals surface area contributed by atoms with Crippen molar-refractivity contribution in [3.63, 3.8) is 0 Å². The van der Waals surface area contributed by atoms with Crippen molar-refractivity contribution >= 4 is 26.8 Å². The molecular formula is C26H26N4O3S. The van der Waals surface area contributed by atoms with Gasteiger partial charge in [0.05, 0.1) is 28.8 Å². The molecule has 1 aromatic heterocycles. The van der Waals surface area contributed by atoms with E-state index >= 15 is 0 Å². The van der Waals surface area contributed by atoms with Gasteiger partial charge in [-0.05, 0) is 42.5 Å². The largest absolute Gasteiger partial charge is 0.336 e. The molecule has 2 fully saturated rings. The molecule has 8 heteroatoms. The number of aromatic nitrogens is 1. The maximum absolute atomic E-state index is 13.6. The smallest absolute Gasteiger partial charge is 0.256 e. The number of carbonyl (C=O) groups excluding carboxylic acids is 1. The lowest BCUT2D eigenvalue weighted by molar-refractivity contribution is 0.0699. The zero-order valence-electron chi connectivity index (χ0n) is 19.3. The van der Waals surface area contributed by atoms with Crippen LogP contribution in [0.25, 0.3) is 22.0 Å². The highest BCUT2D eigenvalue weighted by molar-refractivity contribution is 7.88. The Bertz CT molecular complexity index is 1450. The first-order chi connectivity index (χ1) is 16.2. The number of sulfonamides is 1. The predicted octanol–water partition coefficient (Wildman–Crippen LogP) is 3.48. The molecule has 5 rings (SSSR count). The van der Waals surface area contributed by atoms with Crippen LogP contribution in [0, 0.1) is 18.3 Å². The number of pyridine rings is 1. The monoisotopic (exact) mass is 474 g/mol. The number of hydrogen-bond donors (Lipinski definition) is 0. The molecule has 0 atom stereocenters. The van der Waals surface area contributed by atoms with Gasteiger partial charge >= 0.3 is 0 Å². The van der Waals surface area contributed by atoms with Gasteiger partial charge in [0.2, 0.25) is 10.0 Å². The molecule has 7 nitrogen and oxygen atoms in total. The standard InChI is InChI=1S/C26H26N4O3S/c1-18-15-19(7-8-22(18)26(17-27)9-10-26)24-20-5-3-4-6-23(20)28-16-21(24)25(31)29-11-13-30(14-12-29)34(2,32)33/h3-8,15-16H,9-14H2,1-2H3. The molecule has 2 aromatic carbocycles. The summed E-state index contributed by atoms with van der Waals surface area (Å²) >= 11 is 0. The van der Waals surface area contributed by atoms with Crippen LogP contribution in [0.1, 0.15) is 34.3 Å².